The summed E-state index contributed by atoms with van der Waals surface area (Å²) in [5, 5.41) is 0. The summed E-state index contributed by atoms with van der Waals surface area (Å²) >= 11 is 0. The van der Waals surface area contributed by atoms with Gasteiger partial charge in [0.1, 0.15) is 11.6 Å². The van der Waals surface area contributed by atoms with Gasteiger partial charge in [-0.25, -0.2) is 4.39 Å². The highest BCUT2D eigenvalue weighted by Gasteiger charge is 2.09. The van der Waals surface area contributed by atoms with Crippen LogP contribution in [0, 0.1) is 5.82 Å². The van der Waals surface area contributed by atoms with Gasteiger partial charge in [-0.2, -0.15) is 0 Å². The van der Waals surface area contributed by atoms with E-state index in [0.29, 0.717) is 17.9 Å². The molecule has 1 heterocycles. The molecule has 2 rings (SSSR count). The first-order chi connectivity index (χ1) is 9.11. The molecule has 0 N–H and O–H groups in total. The molecule has 0 unspecified atom stereocenters. The molecule has 2 aromatic rings. The zero-order valence-corrected chi connectivity index (χ0v) is 11.4. The van der Waals surface area contributed by atoms with E-state index in [1.807, 2.05) is 25.1 Å². The maximum absolute atomic E-state index is 14.0. The molecule has 0 saturated carbocycles. The van der Waals surface area contributed by atoms with E-state index in [1.54, 1.807) is 31.6 Å². The SMILES string of the molecule is COc1ccncc1-c1ccc(CN(C)C)c(F)c1. The molecule has 0 spiro atoms. The standard InChI is InChI=1S/C15H17FN2O/c1-18(2)10-12-5-4-11(8-14(12)16)13-9-17-7-6-15(13)19-3/h4-9H,10H2,1-3H3. The summed E-state index contributed by atoms with van der Waals surface area (Å²) in [4.78, 5) is 5.99. The second kappa shape index (κ2) is 5.80. The molecule has 3 nitrogen and oxygen atoms in total. The van der Waals surface area contributed by atoms with E-state index < -0.39 is 0 Å². The quantitative estimate of drug-likeness (QED) is 0.845. The molecule has 0 radical (unpaired) electrons. The maximum atomic E-state index is 14.0. The molecular weight excluding hydrogens is 243 g/mol. The number of hydrogen-bond donors (Lipinski definition) is 0. The predicted molar refractivity (Wildman–Crippen MR) is 73.6 cm³/mol. The molecule has 0 amide bonds. The van der Waals surface area contributed by atoms with E-state index in [4.69, 9.17) is 4.74 Å². The number of pyridine rings is 1. The van der Waals surface area contributed by atoms with Gasteiger partial charge in [0.15, 0.2) is 0 Å². The molecule has 0 fully saturated rings. The molecule has 1 aromatic carbocycles. The maximum Gasteiger partial charge on any atom is 0.129 e. The lowest BCUT2D eigenvalue weighted by Crippen LogP contribution is -2.11. The van der Waals surface area contributed by atoms with Crippen LogP contribution in [0.4, 0.5) is 4.39 Å². The minimum Gasteiger partial charge on any atom is -0.496 e. The van der Waals surface area contributed by atoms with Crippen molar-refractivity contribution in [1.82, 2.24) is 9.88 Å². The smallest absolute Gasteiger partial charge is 0.129 e. The molecular formula is C15H17FN2O. The first-order valence-corrected chi connectivity index (χ1v) is 6.03. The fourth-order valence-electron chi connectivity index (χ4n) is 1.96. The molecule has 0 atom stereocenters. The zero-order valence-electron chi connectivity index (χ0n) is 11.4. The van der Waals surface area contributed by atoms with E-state index in [-0.39, 0.29) is 5.82 Å². The monoisotopic (exact) mass is 260 g/mol. The number of rotatable bonds is 4. The van der Waals surface area contributed by atoms with Crippen molar-refractivity contribution in [3.8, 4) is 16.9 Å². The summed E-state index contributed by atoms with van der Waals surface area (Å²) < 4.78 is 19.3. The van der Waals surface area contributed by atoms with Gasteiger partial charge in [-0.15, -0.1) is 0 Å². The largest absolute Gasteiger partial charge is 0.496 e. The predicted octanol–water partition coefficient (Wildman–Crippen LogP) is 2.96. The number of ether oxygens (including phenoxy) is 1. The van der Waals surface area contributed by atoms with Crippen molar-refractivity contribution < 1.29 is 9.13 Å². The van der Waals surface area contributed by atoms with E-state index in [0.717, 1.165) is 11.1 Å². The Labute approximate surface area is 112 Å². The van der Waals surface area contributed by atoms with Crippen LogP contribution in [-0.4, -0.2) is 31.1 Å². The Balaban J connectivity index is 2.39. The van der Waals surface area contributed by atoms with E-state index in [9.17, 15) is 4.39 Å². The Morgan fingerprint density at radius 3 is 2.68 bits per heavy atom. The van der Waals surface area contributed by atoms with Gasteiger partial charge in [0.2, 0.25) is 0 Å². The van der Waals surface area contributed by atoms with Crippen molar-refractivity contribution >= 4 is 0 Å². The van der Waals surface area contributed by atoms with Gasteiger partial charge in [-0.1, -0.05) is 12.1 Å². The Morgan fingerprint density at radius 2 is 2.05 bits per heavy atom. The normalized spacial score (nSPS) is 10.8. The third-order valence-electron chi connectivity index (χ3n) is 2.85. The zero-order chi connectivity index (χ0) is 13.8. The summed E-state index contributed by atoms with van der Waals surface area (Å²) in [6.45, 7) is 0.580. The van der Waals surface area contributed by atoms with E-state index >= 15 is 0 Å². The Bertz CT molecular complexity index is 570. The molecule has 19 heavy (non-hydrogen) atoms. The topological polar surface area (TPSA) is 25.4 Å². The molecule has 0 aliphatic carbocycles. The first-order valence-electron chi connectivity index (χ1n) is 6.03. The van der Waals surface area contributed by atoms with Gasteiger partial charge in [0.25, 0.3) is 0 Å². The van der Waals surface area contributed by atoms with Crippen LogP contribution in [-0.2, 0) is 6.54 Å². The lowest BCUT2D eigenvalue weighted by atomic mass is 10.0. The minimum absolute atomic E-state index is 0.211. The summed E-state index contributed by atoms with van der Waals surface area (Å²) in [6, 6.07) is 6.98. The number of methoxy groups -OCH3 is 1. The highest BCUT2D eigenvalue weighted by atomic mass is 19.1. The molecule has 100 valence electrons. The molecule has 1 aromatic heterocycles. The van der Waals surface area contributed by atoms with Crippen molar-refractivity contribution in [1.29, 1.82) is 0 Å². The van der Waals surface area contributed by atoms with Crippen LogP contribution >= 0.6 is 0 Å². The van der Waals surface area contributed by atoms with Gasteiger partial charge in [0.05, 0.1) is 7.11 Å². The van der Waals surface area contributed by atoms with Crippen LogP contribution in [0.15, 0.2) is 36.7 Å². The molecule has 0 aliphatic heterocycles. The second-order valence-corrected chi connectivity index (χ2v) is 4.62. The van der Waals surface area contributed by atoms with Crippen LogP contribution in [0.3, 0.4) is 0 Å². The highest BCUT2D eigenvalue weighted by molar-refractivity contribution is 5.69. The van der Waals surface area contributed by atoms with Crippen LogP contribution in [0.25, 0.3) is 11.1 Å². The Morgan fingerprint density at radius 1 is 1.26 bits per heavy atom. The summed E-state index contributed by atoms with van der Waals surface area (Å²) in [5.41, 5.74) is 2.24. The Hall–Kier alpha value is -1.94. The van der Waals surface area contributed by atoms with Crippen molar-refractivity contribution in [2.24, 2.45) is 0 Å². The number of aromatic nitrogens is 1. The Kier molecular flexibility index (Phi) is 4.12. The fourth-order valence-corrected chi connectivity index (χ4v) is 1.96. The van der Waals surface area contributed by atoms with Crippen LogP contribution in [0.5, 0.6) is 5.75 Å². The van der Waals surface area contributed by atoms with Crippen molar-refractivity contribution in [2.45, 2.75) is 6.54 Å². The van der Waals surface area contributed by atoms with Crippen LogP contribution in [0.2, 0.25) is 0 Å². The summed E-state index contributed by atoms with van der Waals surface area (Å²) in [5.74, 6) is 0.479. The van der Waals surface area contributed by atoms with Crippen LogP contribution in [0.1, 0.15) is 5.56 Å². The third-order valence-corrected chi connectivity index (χ3v) is 2.85. The number of hydrogen-bond acceptors (Lipinski definition) is 3. The van der Waals surface area contributed by atoms with Crippen LogP contribution < -0.4 is 4.74 Å². The molecule has 4 heteroatoms. The number of benzene rings is 1. The lowest BCUT2D eigenvalue weighted by Gasteiger charge is -2.12. The number of nitrogens with zero attached hydrogens (tertiary/aromatic N) is 2. The molecule has 0 saturated heterocycles. The molecule has 0 bridgehead atoms. The molecule has 0 aliphatic rings. The van der Waals surface area contributed by atoms with Gasteiger partial charge in [-0.3, -0.25) is 4.98 Å². The second-order valence-electron chi connectivity index (χ2n) is 4.62. The average molecular weight is 260 g/mol. The minimum atomic E-state index is -0.211. The van der Waals surface area contributed by atoms with Gasteiger partial charge in [0, 0.05) is 30.1 Å². The van der Waals surface area contributed by atoms with Gasteiger partial charge in [-0.05, 0) is 31.8 Å². The van der Waals surface area contributed by atoms with Crippen molar-refractivity contribution in [3.63, 3.8) is 0 Å². The average Bonchev–Trinajstić information content (AvgIpc) is 2.40. The third kappa shape index (κ3) is 3.09. The summed E-state index contributed by atoms with van der Waals surface area (Å²) in [6.07, 6.45) is 3.33. The van der Waals surface area contributed by atoms with E-state index in [1.165, 1.54) is 6.07 Å². The summed E-state index contributed by atoms with van der Waals surface area (Å²) in [7, 11) is 5.42. The lowest BCUT2D eigenvalue weighted by molar-refractivity contribution is 0.392. The fraction of sp³-hybridized carbons (Fsp3) is 0.267. The number of halogens is 1. The van der Waals surface area contributed by atoms with Crippen molar-refractivity contribution in [3.05, 3.63) is 48.0 Å². The first kappa shape index (κ1) is 13.5. The highest BCUT2D eigenvalue weighted by Crippen LogP contribution is 2.29. The van der Waals surface area contributed by atoms with E-state index in [2.05, 4.69) is 4.98 Å². The van der Waals surface area contributed by atoms with Crippen molar-refractivity contribution in [2.75, 3.05) is 21.2 Å². The van der Waals surface area contributed by atoms with Gasteiger partial charge >= 0.3 is 0 Å². The van der Waals surface area contributed by atoms with Gasteiger partial charge < -0.3 is 9.64 Å².